The summed E-state index contributed by atoms with van der Waals surface area (Å²) in [5, 5.41) is 0.774. The second-order valence-corrected chi connectivity index (χ2v) is 6.23. The van der Waals surface area contributed by atoms with Gasteiger partial charge < -0.3 is 9.32 Å². The summed E-state index contributed by atoms with van der Waals surface area (Å²) < 4.78 is 5.28. The van der Waals surface area contributed by atoms with Crippen LogP contribution in [-0.2, 0) is 0 Å². The first-order valence-electron chi connectivity index (χ1n) is 7.88. The fourth-order valence-corrected chi connectivity index (χ4v) is 3.42. The lowest BCUT2D eigenvalue weighted by Crippen LogP contribution is -2.43. The standard InChI is InChI=1S/C18H21NO3/c1-12-7-3-5-9-15(12)19(2)17(20)14-11-13-8-4-6-10-16(13)22-18(14)21/h4,6,8,10-12,15H,3,5,7,9H2,1-2H3. The summed E-state index contributed by atoms with van der Waals surface area (Å²) in [6.07, 6.45) is 4.49. The third-order valence-corrected chi connectivity index (χ3v) is 4.76. The molecular formula is C18H21NO3. The molecule has 1 amide bonds. The van der Waals surface area contributed by atoms with Crippen molar-refractivity contribution in [3.8, 4) is 0 Å². The third-order valence-electron chi connectivity index (χ3n) is 4.76. The van der Waals surface area contributed by atoms with Crippen molar-refractivity contribution < 1.29 is 9.21 Å². The molecule has 1 fully saturated rings. The molecule has 0 spiro atoms. The zero-order valence-corrected chi connectivity index (χ0v) is 13.0. The molecule has 0 N–H and O–H groups in total. The van der Waals surface area contributed by atoms with Gasteiger partial charge >= 0.3 is 5.63 Å². The van der Waals surface area contributed by atoms with E-state index in [9.17, 15) is 9.59 Å². The van der Waals surface area contributed by atoms with Gasteiger partial charge in [-0.25, -0.2) is 4.79 Å². The molecule has 2 atom stereocenters. The van der Waals surface area contributed by atoms with Crippen LogP contribution in [0.2, 0.25) is 0 Å². The van der Waals surface area contributed by atoms with Crippen molar-refractivity contribution in [1.82, 2.24) is 4.90 Å². The Labute approximate surface area is 129 Å². The Morgan fingerprint density at radius 2 is 1.95 bits per heavy atom. The first kappa shape index (κ1) is 14.8. The molecule has 4 heteroatoms. The lowest BCUT2D eigenvalue weighted by molar-refractivity contribution is 0.0625. The molecule has 4 nitrogen and oxygen atoms in total. The van der Waals surface area contributed by atoms with Crippen molar-refractivity contribution in [3.05, 3.63) is 46.3 Å². The summed E-state index contributed by atoms with van der Waals surface area (Å²) >= 11 is 0. The van der Waals surface area contributed by atoms with E-state index in [0.717, 1.165) is 24.6 Å². The molecule has 2 aromatic rings. The van der Waals surface area contributed by atoms with E-state index >= 15 is 0 Å². The van der Waals surface area contributed by atoms with E-state index in [2.05, 4.69) is 6.92 Å². The van der Waals surface area contributed by atoms with Crippen LogP contribution in [0.25, 0.3) is 11.0 Å². The third kappa shape index (κ3) is 2.65. The van der Waals surface area contributed by atoms with Crippen LogP contribution < -0.4 is 5.63 Å². The van der Waals surface area contributed by atoms with Gasteiger partial charge in [-0.2, -0.15) is 0 Å². The van der Waals surface area contributed by atoms with Crippen molar-refractivity contribution >= 4 is 16.9 Å². The summed E-state index contributed by atoms with van der Waals surface area (Å²) in [6.45, 7) is 2.18. The summed E-state index contributed by atoms with van der Waals surface area (Å²) in [4.78, 5) is 26.6. The summed E-state index contributed by atoms with van der Waals surface area (Å²) in [7, 11) is 1.80. The fraction of sp³-hybridized carbons (Fsp3) is 0.444. The molecule has 1 heterocycles. The topological polar surface area (TPSA) is 50.5 Å². The van der Waals surface area contributed by atoms with E-state index in [1.165, 1.54) is 6.42 Å². The van der Waals surface area contributed by atoms with Crippen molar-refractivity contribution in [3.63, 3.8) is 0 Å². The maximum atomic E-state index is 12.7. The summed E-state index contributed by atoms with van der Waals surface area (Å²) in [5.74, 6) is 0.230. The molecule has 0 aliphatic heterocycles. The molecule has 22 heavy (non-hydrogen) atoms. The zero-order chi connectivity index (χ0) is 15.7. The second kappa shape index (κ2) is 5.95. The SMILES string of the molecule is CC1CCCCC1N(C)C(=O)c1cc2ccccc2oc1=O. The van der Waals surface area contributed by atoms with Gasteiger partial charge in [-0.15, -0.1) is 0 Å². The van der Waals surface area contributed by atoms with Crippen molar-refractivity contribution in [2.24, 2.45) is 5.92 Å². The maximum Gasteiger partial charge on any atom is 0.349 e. The molecule has 116 valence electrons. The Hall–Kier alpha value is -2.10. The first-order valence-corrected chi connectivity index (χ1v) is 7.88. The van der Waals surface area contributed by atoms with Crippen LogP contribution in [0.15, 0.2) is 39.5 Å². The van der Waals surface area contributed by atoms with Crippen LogP contribution in [-0.4, -0.2) is 23.9 Å². The van der Waals surface area contributed by atoms with E-state index in [-0.39, 0.29) is 17.5 Å². The number of rotatable bonds is 2. The minimum absolute atomic E-state index is 0.124. The van der Waals surface area contributed by atoms with Crippen LogP contribution in [0.1, 0.15) is 43.0 Å². The minimum Gasteiger partial charge on any atom is -0.422 e. The average Bonchev–Trinajstić information content (AvgIpc) is 2.53. The monoisotopic (exact) mass is 299 g/mol. The van der Waals surface area contributed by atoms with Crippen LogP contribution in [0.4, 0.5) is 0 Å². The highest BCUT2D eigenvalue weighted by Crippen LogP contribution is 2.28. The first-order chi connectivity index (χ1) is 10.6. The Bertz CT molecular complexity index is 749. The number of nitrogens with zero attached hydrogens (tertiary/aromatic N) is 1. The maximum absolute atomic E-state index is 12.7. The van der Waals surface area contributed by atoms with Crippen LogP contribution in [0.3, 0.4) is 0 Å². The van der Waals surface area contributed by atoms with Crippen LogP contribution >= 0.6 is 0 Å². The van der Waals surface area contributed by atoms with Gasteiger partial charge in [-0.3, -0.25) is 4.79 Å². The fourth-order valence-electron chi connectivity index (χ4n) is 3.42. The average molecular weight is 299 g/mol. The predicted molar refractivity (Wildman–Crippen MR) is 86.0 cm³/mol. The number of benzene rings is 1. The van der Waals surface area contributed by atoms with Gasteiger partial charge in [0.15, 0.2) is 0 Å². The highest BCUT2D eigenvalue weighted by Gasteiger charge is 2.29. The van der Waals surface area contributed by atoms with E-state index in [1.54, 1.807) is 24.1 Å². The molecule has 0 bridgehead atoms. The predicted octanol–water partition coefficient (Wildman–Crippen LogP) is 3.44. The zero-order valence-electron chi connectivity index (χ0n) is 13.0. The molecule has 1 aromatic heterocycles. The van der Waals surface area contributed by atoms with Gasteiger partial charge in [0.05, 0.1) is 0 Å². The van der Waals surface area contributed by atoms with Crippen molar-refractivity contribution in [2.45, 2.75) is 38.6 Å². The second-order valence-electron chi connectivity index (χ2n) is 6.23. The number of amides is 1. The molecule has 1 aliphatic rings. The van der Waals surface area contributed by atoms with Gasteiger partial charge in [0, 0.05) is 18.5 Å². The molecule has 3 rings (SSSR count). The summed E-state index contributed by atoms with van der Waals surface area (Å²) in [5.41, 5.74) is 0.0794. The number of hydrogen-bond acceptors (Lipinski definition) is 3. The van der Waals surface area contributed by atoms with Gasteiger partial charge in [0.1, 0.15) is 11.1 Å². The number of carbonyl (C=O) groups is 1. The smallest absolute Gasteiger partial charge is 0.349 e. The van der Waals surface area contributed by atoms with Gasteiger partial charge in [0.2, 0.25) is 0 Å². The largest absolute Gasteiger partial charge is 0.422 e. The van der Waals surface area contributed by atoms with Gasteiger partial charge in [-0.05, 0) is 30.9 Å². The molecule has 0 saturated heterocycles. The number of para-hydroxylation sites is 1. The highest BCUT2D eigenvalue weighted by molar-refractivity contribution is 5.96. The summed E-state index contributed by atoms with van der Waals surface area (Å²) in [6, 6.07) is 9.10. The molecule has 2 unspecified atom stereocenters. The number of fused-ring (bicyclic) bond motifs is 1. The van der Waals surface area contributed by atoms with Crippen LogP contribution in [0.5, 0.6) is 0 Å². The van der Waals surface area contributed by atoms with E-state index in [4.69, 9.17) is 4.42 Å². The van der Waals surface area contributed by atoms with Gasteiger partial charge in [-0.1, -0.05) is 38.0 Å². The molecule has 1 aromatic carbocycles. The van der Waals surface area contributed by atoms with Crippen molar-refractivity contribution in [2.75, 3.05) is 7.05 Å². The lowest BCUT2D eigenvalue weighted by Gasteiger charge is -2.36. The lowest BCUT2D eigenvalue weighted by atomic mass is 9.85. The Morgan fingerprint density at radius 1 is 1.23 bits per heavy atom. The normalized spacial score (nSPS) is 21.7. The molecule has 1 saturated carbocycles. The molecule has 0 radical (unpaired) electrons. The molecular weight excluding hydrogens is 278 g/mol. The quantitative estimate of drug-likeness (QED) is 0.798. The molecule has 1 aliphatic carbocycles. The van der Waals surface area contributed by atoms with Crippen LogP contribution in [0, 0.1) is 5.92 Å². The number of hydrogen-bond donors (Lipinski definition) is 0. The Kier molecular flexibility index (Phi) is 4.01. The van der Waals surface area contributed by atoms with E-state index < -0.39 is 5.63 Å². The van der Waals surface area contributed by atoms with E-state index in [1.807, 2.05) is 18.2 Å². The van der Waals surface area contributed by atoms with Crippen molar-refractivity contribution in [1.29, 1.82) is 0 Å². The minimum atomic E-state index is -0.556. The van der Waals surface area contributed by atoms with Gasteiger partial charge in [0.25, 0.3) is 5.91 Å². The highest BCUT2D eigenvalue weighted by atomic mass is 16.4. The Balaban J connectivity index is 1.94. The number of carbonyl (C=O) groups excluding carboxylic acids is 1. The Morgan fingerprint density at radius 3 is 2.73 bits per heavy atom. The van der Waals surface area contributed by atoms with E-state index in [0.29, 0.717) is 11.5 Å².